The Balaban J connectivity index is 2.53. The van der Waals surface area contributed by atoms with E-state index in [1.165, 1.54) is 0 Å². The number of aromatic nitrogens is 2. The Hall–Kier alpha value is -1.51. The van der Waals surface area contributed by atoms with Gasteiger partial charge in [0.05, 0.1) is 11.7 Å². The summed E-state index contributed by atoms with van der Waals surface area (Å²) in [5, 5.41) is 0. The van der Waals surface area contributed by atoms with Crippen LogP contribution in [0.5, 0.6) is 0 Å². The molecule has 0 fully saturated rings. The summed E-state index contributed by atoms with van der Waals surface area (Å²) in [5.74, 6) is 1.79. The van der Waals surface area contributed by atoms with Gasteiger partial charge in [-0.15, -0.1) is 0 Å². The zero-order valence-electron chi connectivity index (χ0n) is 9.49. The van der Waals surface area contributed by atoms with Crippen molar-refractivity contribution in [3.63, 3.8) is 0 Å². The lowest BCUT2D eigenvalue weighted by Crippen LogP contribution is -2.13. The van der Waals surface area contributed by atoms with Gasteiger partial charge in [-0.25, -0.2) is 4.98 Å². The van der Waals surface area contributed by atoms with Crippen molar-refractivity contribution >= 4 is 11.3 Å². The van der Waals surface area contributed by atoms with E-state index in [0.29, 0.717) is 0 Å². The summed E-state index contributed by atoms with van der Waals surface area (Å²) in [6, 6.07) is 5.88. The number of hydrogen-bond acceptors (Lipinski definition) is 2. The first kappa shape index (κ1) is 10.0. The Morgan fingerprint density at radius 1 is 1.33 bits per heavy atom. The predicted octanol–water partition coefficient (Wildman–Crippen LogP) is 2.51. The molecule has 3 heteroatoms. The molecule has 0 unspecified atom stereocenters. The Labute approximate surface area is 89.9 Å². The molecule has 2 N–H and O–H groups in total. The van der Waals surface area contributed by atoms with Gasteiger partial charge in [-0.2, -0.15) is 0 Å². The summed E-state index contributed by atoms with van der Waals surface area (Å²) in [6.07, 6.45) is 2.80. The van der Waals surface area contributed by atoms with Crippen LogP contribution < -0.4 is 5.73 Å². The van der Waals surface area contributed by atoms with Gasteiger partial charge < -0.3 is 5.73 Å². The summed E-state index contributed by atoms with van der Waals surface area (Å²) in [5.41, 5.74) is 7.23. The van der Waals surface area contributed by atoms with E-state index in [9.17, 15) is 0 Å². The number of nitrogen functional groups attached to an aromatic ring is 1. The first-order chi connectivity index (χ1) is 6.97. The second-order valence-corrected chi connectivity index (χ2v) is 5.12. The molecule has 0 saturated carbocycles. The zero-order chi connectivity index (χ0) is 11.1. The maximum Gasteiger partial charge on any atom is 0.115 e. The second kappa shape index (κ2) is 3.26. The van der Waals surface area contributed by atoms with E-state index >= 15 is 0 Å². The number of nitrogens with two attached hydrogens (primary N) is 1. The molecule has 2 heterocycles. The van der Waals surface area contributed by atoms with E-state index < -0.39 is 0 Å². The van der Waals surface area contributed by atoms with Crippen LogP contribution in [0.25, 0.3) is 5.52 Å². The van der Waals surface area contributed by atoms with Crippen molar-refractivity contribution < 1.29 is 0 Å². The van der Waals surface area contributed by atoms with E-state index in [-0.39, 0.29) is 5.41 Å². The highest BCUT2D eigenvalue weighted by atomic mass is 15.1. The van der Waals surface area contributed by atoms with Crippen LogP contribution in [0.3, 0.4) is 0 Å². The highest BCUT2D eigenvalue weighted by molar-refractivity contribution is 5.53. The van der Waals surface area contributed by atoms with Crippen molar-refractivity contribution in [2.75, 3.05) is 5.73 Å². The van der Waals surface area contributed by atoms with Crippen LogP contribution in [0.15, 0.2) is 24.4 Å². The standard InChI is InChI=1S/C12H17N3/c1-12(2,3)7-11-14-8-9-5-4-6-10(13)15(9)11/h4-6,8H,7,13H2,1-3H3. The minimum Gasteiger partial charge on any atom is -0.385 e. The molecule has 0 saturated heterocycles. The van der Waals surface area contributed by atoms with Gasteiger partial charge in [-0.3, -0.25) is 4.40 Å². The minimum atomic E-state index is 0.226. The van der Waals surface area contributed by atoms with Gasteiger partial charge in [0.2, 0.25) is 0 Å². The van der Waals surface area contributed by atoms with E-state index in [1.807, 2.05) is 28.8 Å². The fourth-order valence-corrected chi connectivity index (χ4v) is 1.74. The second-order valence-electron chi connectivity index (χ2n) is 5.12. The maximum absolute atomic E-state index is 5.94. The number of hydrogen-bond donors (Lipinski definition) is 1. The molecule has 0 atom stereocenters. The fraction of sp³-hybridized carbons (Fsp3) is 0.417. The number of anilines is 1. The summed E-state index contributed by atoms with van der Waals surface area (Å²) in [4.78, 5) is 4.42. The SMILES string of the molecule is CC(C)(C)Cc1ncc2cccc(N)n12. The minimum absolute atomic E-state index is 0.226. The van der Waals surface area contributed by atoms with Gasteiger partial charge in [-0.1, -0.05) is 26.8 Å². The van der Waals surface area contributed by atoms with Crippen molar-refractivity contribution in [1.82, 2.24) is 9.38 Å². The first-order valence-corrected chi connectivity index (χ1v) is 5.18. The third-order valence-electron chi connectivity index (χ3n) is 2.34. The quantitative estimate of drug-likeness (QED) is 0.773. The highest BCUT2D eigenvalue weighted by Crippen LogP contribution is 2.22. The molecular weight excluding hydrogens is 186 g/mol. The average molecular weight is 203 g/mol. The molecule has 3 nitrogen and oxygen atoms in total. The van der Waals surface area contributed by atoms with Crippen molar-refractivity contribution in [2.24, 2.45) is 5.41 Å². The number of fused-ring (bicyclic) bond motifs is 1. The fourth-order valence-electron chi connectivity index (χ4n) is 1.74. The van der Waals surface area contributed by atoms with Gasteiger partial charge in [0.1, 0.15) is 11.6 Å². The topological polar surface area (TPSA) is 43.3 Å². The largest absolute Gasteiger partial charge is 0.385 e. The highest BCUT2D eigenvalue weighted by Gasteiger charge is 2.15. The molecule has 0 aliphatic heterocycles. The summed E-state index contributed by atoms with van der Waals surface area (Å²) in [7, 11) is 0. The van der Waals surface area contributed by atoms with Crippen LogP contribution >= 0.6 is 0 Å². The van der Waals surface area contributed by atoms with Crippen molar-refractivity contribution in [2.45, 2.75) is 27.2 Å². The van der Waals surface area contributed by atoms with Crippen LogP contribution in [-0.4, -0.2) is 9.38 Å². The third kappa shape index (κ3) is 1.96. The van der Waals surface area contributed by atoms with Crippen LogP contribution in [-0.2, 0) is 6.42 Å². The molecule has 0 aromatic carbocycles. The molecular formula is C12H17N3. The number of imidazole rings is 1. The molecule has 2 aromatic rings. The maximum atomic E-state index is 5.94. The number of pyridine rings is 1. The van der Waals surface area contributed by atoms with Gasteiger partial charge >= 0.3 is 0 Å². The summed E-state index contributed by atoms with van der Waals surface area (Å²) in [6.45, 7) is 6.60. The van der Waals surface area contributed by atoms with Gasteiger partial charge in [-0.05, 0) is 17.5 Å². The molecule has 80 valence electrons. The molecule has 0 aliphatic rings. The smallest absolute Gasteiger partial charge is 0.115 e. The molecule has 0 aliphatic carbocycles. The molecule has 0 radical (unpaired) electrons. The van der Waals surface area contributed by atoms with Crippen LogP contribution in [0.1, 0.15) is 26.6 Å². The Morgan fingerprint density at radius 2 is 2.07 bits per heavy atom. The Morgan fingerprint density at radius 3 is 2.73 bits per heavy atom. The van der Waals surface area contributed by atoms with Gasteiger partial charge in [0.15, 0.2) is 0 Å². The average Bonchev–Trinajstić information content (AvgIpc) is 2.47. The van der Waals surface area contributed by atoms with Gasteiger partial charge in [0, 0.05) is 6.42 Å². The van der Waals surface area contributed by atoms with Crippen LogP contribution in [0.2, 0.25) is 0 Å². The molecule has 15 heavy (non-hydrogen) atoms. The zero-order valence-corrected chi connectivity index (χ0v) is 9.49. The lowest BCUT2D eigenvalue weighted by molar-refractivity contribution is 0.400. The predicted molar refractivity (Wildman–Crippen MR) is 62.8 cm³/mol. The molecule has 0 bridgehead atoms. The van der Waals surface area contributed by atoms with E-state index in [4.69, 9.17) is 5.73 Å². The third-order valence-corrected chi connectivity index (χ3v) is 2.34. The lowest BCUT2D eigenvalue weighted by Gasteiger charge is -2.17. The van der Waals surface area contributed by atoms with E-state index in [1.54, 1.807) is 0 Å². The molecule has 0 amide bonds. The number of nitrogens with zero attached hydrogens (tertiary/aromatic N) is 2. The molecule has 2 aromatic heterocycles. The first-order valence-electron chi connectivity index (χ1n) is 5.18. The summed E-state index contributed by atoms with van der Waals surface area (Å²) >= 11 is 0. The monoisotopic (exact) mass is 203 g/mol. The lowest BCUT2D eigenvalue weighted by atomic mass is 9.92. The van der Waals surface area contributed by atoms with Crippen LogP contribution in [0.4, 0.5) is 5.82 Å². The van der Waals surface area contributed by atoms with Gasteiger partial charge in [0.25, 0.3) is 0 Å². The summed E-state index contributed by atoms with van der Waals surface area (Å²) < 4.78 is 2.02. The Kier molecular flexibility index (Phi) is 2.18. The Bertz CT molecular complexity index is 477. The van der Waals surface area contributed by atoms with Crippen molar-refractivity contribution in [3.05, 3.63) is 30.2 Å². The van der Waals surface area contributed by atoms with E-state index in [2.05, 4.69) is 25.8 Å². The normalized spacial score (nSPS) is 12.2. The van der Waals surface area contributed by atoms with Crippen LogP contribution in [0, 0.1) is 5.41 Å². The van der Waals surface area contributed by atoms with Crippen molar-refractivity contribution in [1.29, 1.82) is 0 Å². The molecule has 0 spiro atoms. The molecule has 2 rings (SSSR count). The van der Waals surface area contributed by atoms with E-state index in [0.717, 1.165) is 23.6 Å². The number of rotatable bonds is 1. The van der Waals surface area contributed by atoms with Crippen molar-refractivity contribution in [3.8, 4) is 0 Å².